The molecule has 0 aliphatic rings. The van der Waals surface area contributed by atoms with Gasteiger partial charge in [0.25, 0.3) is 0 Å². The Morgan fingerprint density at radius 3 is 2.28 bits per heavy atom. The lowest BCUT2D eigenvalue weighted by Gasteiger charge is -2.08. The van der Waals surface area contributed by atoms with Gasteiger partial charge in [0.1, 0.15) is 11.9 Å². The van der Waals surface area contributed by atoms with Crippen LogP contribution in [-0.4, -0.2) is 5.11 Å². The van der Waals surface area contributed by atoms with Crippen LogP contribution >= 0.6 is 31.9 Å². The number of halogens is 2. The highest BCUT2D eigenvalue weighted by molar-refractivity contribution is 9.13. The van der Waals surface area contributed by atoms with E-state index in [-0.39, 0.29) is 0 Å². The maximum absolute atomic E-state index is 10.1. The summed E-state index contributed by atoms with van der Waals surface area (Å²) in [5.74, 6) is 0.563. The van der Waals surface area contributed by atoms with Crippen molar-refractivity contribution in [3.63, 3.8) is 0 Å². The fraction of sp³-hybridized carbons (Fsp3) is 0.286. The summed E-state index contributed by atoms with van der Waals surface area (Å²) >= 11 is 6.60. The van der Waals surface area contributed by atoms with Crippen molar-refractivity contribution in [1.29, 1.82) is 0 Å². The second-order valence-electron chi connectivity index (χ2n) is 4.16. The number of hydrogen-bond acceptors (Lipinski definition) is 2. The van der Waals surface area contributed by atoms with Gasteiger partial charge in [-0.15, -0.1) is 0 Å². The summed E-state index contributed by atoms with van der Waals surface area (Å²) in [5, 5.41) is 10.1. The fourth-order valence-corrected chi connectivity index (χ4v) is 2.37. The zero-order valence-corrected chi connectivity index (χ0v) is 13.2. The average molecular weight is 374 g/mol. The third-order valence-electron chi connectivity index (χ3n) is 2.85. The Hall–Kier alpha value is -0.580. The lowest BCUT2D eigenvalue weighted by Crippen LogP contribution is -2.00. The van der Waals surface area contributed by atoms with Gasteiger partial charge in [0.2, 0.25) is 0 Å². The van der Waals surface area contributed by atoms with E-state index < -0.39 is 6.10 Å². The minimum atomic E-state index is -0.625. The molecule has 0 saturated carbocycles. The first kappa shape index (κ1) is 13.8. The number of aliphatic hydroxyl groups excluding tert-OH is 1. The van der Waals surface area contributed by atoms with E-state index in [2.05, 4.69) is 63.0 Å². The molecule has 0 aliphatic heterocycles. The molecule has 1 atom stereocenters. The van der Waals surface area contributed by atoms with Gasteiger partial charge in [-0.3, -0.25) is 0 Å². The third kappa shape index (κ3) is 3.25. The van der Waals surface area contributed by atoms with Crippen LogP contribution in [0.25, 0.3) is 0 Å². The molecule has 1 aromatic heterocycles. The van der Waals surface area contributed by atoms with Crippen molar-refractivity contribution in [2.24, 2.45) is 0 Å². The quantitative estimate of drug-likeness (QED) is 0.846. The van der Waals surface area contributed by atoms with Crippen LogP contribution in [0.5, 0.6) is 0 Å². The van der Waals surface area contributed by atoms with Crippen molar-refractivity contribution < 1.29 is 9.52 Å². The van der Waals surface area contributed by atoms with Crippen LogP contribution in [0.15, 0.2) is 43.9 Å². The van der Waals surface area contributed by atoms with Crippen molar-refractivity contribution in [1.82, 2.24) is 0 Å². The van der Waals surface area contributed by atoms with Gasteiger partial charge in [0.15, 0.2) is 4.67 Å². The molecular weight excluding hydrogens is 360 g/mol. The van der Waals surface area contributed by atoms with E-state index in [1.807, 2.05) is 0 Å². The maximum atomic E-state index is 10.1. The van der Waals surface area contributed by atoms with Gasteiger partial charge in [0, 0.05) is 6.42 Å². The van der Waals surface area contributed by atoms with Crippen LogP contribution in [-0.2, 0) is 12.8 Å². The van der Waals surface area contributed by atoms with Crippen molar-refractivity contribution in [3.05, 3.63) is 56.4 Å². The molecule has 1 aromatic carbocycles. The lowest BCUT2D eigenvalue weighted by molar-refractivity contribution is 0.149. The highest BCUT2D eigenvalue weighted by Crippen LogP contribution is 2.31. The normalized spacial score (nSPS) is 12.7. The number of furan rings is 1. The van der Waals surface area contributed by atoms with Gasteiger partial charge in [-0.25, -0.2) is 0 Å². The number of hydrogen-bond donors (Lipinski definition) is 1. The Balaban J connectivity index is 2.08. The molecule has 1 heterocycles. The van der Waals surface area contributed by atoms with E-state index >= 15 is 0 Å². The summed E-state index contributed by atoms with van der Waals surface area (Å²) in [6.45, 7) is 2.13. The van der Waals surface area contributed by atoms with Crippen molar-refractivity contribution >= 4 is 31.9 Å². The highest BCUT2D eigenvalue weighted by atomic mass is 79.9. The molecule has 1 unspecified atom stereocenters. The van der Waals surface area contributed by atoms with Gasteiger partial charge < -0.3 is 9.52 Å². The van der Waals surface area contributed by atoms with Crippen LogP contribution in [0.3, 0.4) is 0 Å². The largest absolute Gasteiger partial charge is 0.450 e. The van der Waals surface area contributed by atoms with E-state index in [0.717, 1.165) is 16.5 Å². The minimum absolute atomic E-state index is 0.552. The first-order chi connectivity index (χ1) is 8.60. The zero-order chi connectivity index (χ0) is 13.1. The first-order valence-corrected chi connectivity index (χ1v) is 7.39. The number of aliphatic hydroxyl groups is 1. The molecule has 0 spiro atoms. The van der Waals surface area contributed by atoms with E-state index in [0.29, 0.717) is 16.9 Å². The van der Waals surface area contributed by atoms with Crippen LogP contribution in [0.4, 0.5) is 0 Å². The third-order valence-corrected chi connectivity index (χ3v) is 4.56. The first-order valence-electron chi connectivity index (χ1n) is 5.80. The number of benzene rings is 1. The molecule has 2 aromatic rings. The molecule has 0 amide bonds. The Morgan fingerprint density at radius 2 is 1.78 bits per heavy atom. The number of aryl methyl sites for hydroxylation is 1. The van der Waals surface area contributed by atoms with Crippen molar-refractivity contribution in [2.45, 2.75) is 25.9 Å². The molecule has 1 N–H and O–H groups in total. The second kappa shape index (κ2) is 6.04. The van der Waals surface area contributed by atoms with Crippen molar-refractivity contribution in [3.8, 4) is 0 Å². The maximum Gasteiger partial charge on any atom is 0.183 e. The molecule has 0 fully saturated rings. The molecule has 2 nitrogen and oxygen atoms in total. The van der Waals surface area contributed by atoms with Gasteiger partial charge >= 0.3 is 0 Å². The molecule has 96 valence electrons. The Labute approximate surface area is 123 Å². The van der Waals surface area contributed by atoms with E-state index in [4.69, 9.17) is 4.42 Å². The highest BCUT2D eigenvalue weighted by Gasteiger charge is 2.15. The van der Waals surface area contributed by atoms with Gasteiger partial charge in [-0.1, -0.05) is 31.2 Å². The molecule has 0 bridgehead atoms. The summed E-state index contributed by atoms with van der Waals surface area (Å²) in [5.41, 5.74) is 2.40. The smallest absolute Gasteiger partial charge is 0.183 e. The van der Waals surface area contributed by atoms with E-state index in [1.54, 1.807) is 6.07 Å². The second-order valence-corrected chi connectivity index (χ2v) is 5.73. The monoisotopic (exact) mass is 372 g/mol. The summed E-state index contributed by atoms with van der Waals surface area (Å²) in [7, 11) is 0. The summed E-state index contributed by atoms with van der Waals surface area (Å²) in [6, 6.07) is 10.1. The van der Waals surface area contributed by atoms with E-state index in [1.165, 1.54) is 5.56 Å². The summed E-state index contributed by atoms with van der Waals surface area (Å²) in [6.07, 6.45) is 0.956. The molecule has 4 heteroatoms. The predicted molar refractivity (Wildman–Crippen MR) is 78.6 cm³/mol. The molecular formula is C14H14Br2O2. The Kier molecular flexibility index (Phi) is 4.65. The van der Waals surface area contributed by atoms with Gasteiger partial charge in [-0.2, -0.15) is 0 Å². The minimum Gasteiger partial charge on any atom is -0.450 e. The molecule has 2 rings (SSSR count). The van der Waals surface area contributed by atoms with Crippen LogP contribution in [0.1, 0.15) is 29.9 Å². The SMILES string of the molecule is CCc1ccc(CC(O)c2cc(Br)c(Br)o2)cc1. The van der Waals surface area contributed by atoms with Crippen LogP contribution in [0.2, 0.25) is 0 Å². The summed E-state index contributed by atoms with van der Waals surface area (Å²) < 4.78 is 6.84. The van der Waals surface area contributed by atoms with Crippen LogP contribution in [0, 0.1) is 0 Å². The molecule has 18 heavy (non-hydrogen) atoms. The van der Waals surface area contributed by atoms with Gasteiger partial charge in [-0.05, 0) is 55.5 Å². The van der Waals surface area contributed by atoms with E-state index in [9.17, 15) is 5.11 Å². The zero-order valence-electron chi connectivity index (χ0n) is 9.99. The average Bonchev–Trinajstić information content (AvgIpc) is 2.71. The Morgan fingerprint density at radius 1 is 1.17 bits per heavy atom. The lowest BCUT2D eigenvalue weighted by atomic mass is 10.0. The molecule has 0 saturated heterocycles. The Bertz CT molecular complexity index is 498. The van der Waals surface area contributed by atoms with Crippen LogP contribution < -0.4 is 0 Å². The summed E-state index contributed by atoms with van der Waals surface area (Å²) in [4.78, 5) is 0. The fourth-order valence-electron chi connectivity index (χ4n) is 1.76. The molecule has 0 radical (unpaired) electrons. The number of rotatable bonds is 4. The predicted octanol–water partition coefficient (Wildman–Crippen LogP) is 4.64. The standard InChI is InChI=1S/C14H14Br2O2/c1-2-9-3-5-10(6-4-9)7-12(17)13-8-11(15)14(16)18-13/h3-6,8,12,17H,2,7H2,1H3. The van der Waals surface area contributed by atoms with Gasteiger partial charge in [0.05, 0.1) is 4.47 Å². The van der Waals surface area contributed by atoms with Crippen molar-refractivity contribution in [2.75, 3.05) is 0 Å². The molecule has 0 aliphatic carbocycles. The topological polar surface area (TPSA) is 33.4 Å².